The number of methoxy groups -OCH3 is 1. The summed E-state index contributed by atoms with van der Waals surface area (Å²) in [5, 5.41) is 0. The van der Waals surface area contributed by atoms with Gasteiger partial charge in [-0.25, -0.2) is 0 Å². The third kappa shape index (κ3) is 3.28. The number of benzene rings is 1. The number of carbonyl (C=O) groups excluding carboxylic acids is 1. The minimum atomic E-state index is -0.0236. The Bertz CT molecular complexity index is 607. The Hall–Kier alpha value is -1.43. The molecule has 1 aromatic carbocycles. The summed E-state index contributed by atoms with van der Waals surface area (Å²) in [6.07, 6.45) is 4.44. The van der Waals surface area contributed by atoms with Gasteiger partial charge in [-0.05, 0) is 50.9 Å². The van der Waals surface area contributed by atoms with Crippen molar-refractivity contribution in [3.8, 4) is 0 Å². The molecule has 4 rings (SSSR count). The average Bonchev–Trinajstić information content (AvgIpc) is 2.96. The van der Waals surface area contributed by atoms with Gasteiger partial charge < -0.3 is 19.3 Å². The van der Waals surface area contributed by atoms with Gasteiger partial charge in [0.15, 0.2) is 0 Å². The standard InChI is InChI=1S/C21H30N2O3/c1-25-15-19-20(24)23(18-5-3-2-4-6-18)16-21(19)9-11-22(12-10-21)17-7-13-26-14-8-17/h2-6,17,19H,7-16H2,1H3/t19-/m1/s1. The number of hydrogen-bond acceptors (Lipinski definition) is 4. The number of anilines is 1. The number of amides is 1. The van der Waals surface area contributed by atoms with Crippen molar-refractivity contribution in [2.24, 2.45) is 11.3 Å². The van der Waals surface area contributed by atoms with Crippen LogP contribution in [-0.4, -0.2) is 63.4 Å². The van der Waals surface area contributed by atoms with Crippen molar-refractivity contribution in [1.82, 2.24) is 4.90 Å². The third-order valence-electron chi connectivity index (χ3n) is 6.68. The number of hydrogen-bond donors (Lipinski definition) is 0. The zero-order chi connectivity index (χ0) is 18.0. The van der Waals surface area contributed by atoms with Crippen LogP contribution in [0.15, 0.2) is 30.3 Å². The molecule has 3 fully saturated rings. The van der Waals surface area contributed by atoms with E-state index in [1.54, 1.807) is 7.11 Å². The Morgan fingerprint density at radius 1 is 1.15 bits per heavy atom. The number of carbonyl (C=O) groups is 1. The molecule has 5 heteroatoms. The molecule has 0 saturated carbocycles. The van der Waals surface area contributed by atoms with Crippen molar-refractivity contribution < 1.29 is 14.3 Å². The molecule has 0 N–H and O–H groups in total. The van der Waals surface area contributed by atoms with Gasteiger partial charge in [0, 0.05) is 44.0 Å². The van der Waals surface area contributed by atoms with Gasteiger partial charge >= 0.3 is 0 Å². The van der Waals surface area contributed by atoms with E-state index < -0.39 is 0 Å². The number of ether oxygens (including phenoxy) is 2. The number of para-hydroxylation sites is 1. The number of likely N-dealkylation sites (tertiary alicyclic amines) is 1. The first-order valence-electron chi connectivity index (χ1n) is 9.91. The van der Waals surface area contributed by atoms with Crippen LogP contribution in [0.5, 0.6) is 0 Å². The normalized spacial score (nSPS) is 27.3. The minimum Gasteiger partial charge on any atom is -0.384 e. The fourth-order valence-electron chi connectivity index (χ4n) is 5.09. The van der Waals surface area contributed by atoms with Crippen molar-refractivity contribution >= 4 is 11.6 Å². The molecule has 0 radical (unpaired) electrons. The van der Waals surface area contributed by atoms with E-state index in [2.05, 4.69) is 4.90 Å². The molecular weight excluding hydrogens is 328 g/mol. The molecule has 0 bridgehead atoms. The van der Waals surface area contributed by atoms with Crippen LogP contribution in [0, 0.1) is 11.3 Å². The lowest BCUT2D eigenvalue weighted by molar-refractivity contribution is -0.125. The van der Waals surface area contributed by atoms with E-state index in [0.717, 1.165) is 64.2 Å². The van der Waals surface area contributed by atoms with Crippen molar-refractivity contribution in [2.45, 2.75) is 31.7 Å². The van der Waals surface area contributed by atoms with Crippen molar-refractivity contribution in [3.63, 3.8) is 0 Å². The Morgan fingerprint density at radius 3 is 2.50 bits per heavy atom. The van der Waals surface area contributed by atoms with Gasteiger partial charge in [-0.1, -0.05) is 18.2 Å². The highest BCUT2D eigenvalue weighted by Crippen LogP contribution is 2.47. The topological polar surface area (TPSA) is 42.0 Å². The predicted molar refractivity (Wildman–Crippen MR) is 101 cm³/mol. The van der Waals surface area contributed by atoms with Crippen molar-refractivity contribution in [2.75, 3.05) is 51.5 Å². The number of rotatable bonds is 4. The van der Waals surface area contributed by atoms with E-state index in [-0.39, 0.29) is 17.2 Å². The largest absolute Gasteiger partial charge is 0.384 e. The van der Waals surface area contributed by atoms with Crippen LogP contribution in [0.25, 0.3) is 0 Å². The van der Waals surface area contributed by atoms with Gasteiger partial charge in [-0.2, -0.15) is 0 Å². The summed E-state index contributed by atoms with van der Waals surface area (Å²) in [7, 11) is 1.71. The van der Waals surface area contributed by atoms with Crippen LogP contribution < -0.4 is 4.90 Å². The smallest absolute Gasteiger partial charge is 0.233 e. The van der Waals surface area contributed by atoms with E-state index in [4.69, 9.17) is 9.47 Å². The monoisotopic (exact) mass is 358 g/mol. The van der Waals surface area contributed by atoms with Gasteiger partial charge in [0.1, 0.15) is 0 Å². The second kappa shape index (κ2) is 7.67. The van der Waals surface area contributed by atoms with E-state index in [1.807, 2.05) is 35.2 Å². The van der Waals surface area contributed by atoms with Crippen LogP contribution in [0.2, 0.25) is 0 Å². The Balaban J connectivity index is 1.50. The molecule has 1 aromatic rings. The summed E-state index contributed by atoms with van der Waals surface area (Å²) >= 11 is 0. The number of nitrogens with zero attached hydrogens (tertiary/aromatic N) is 2. The van der Waals surface area contributed by atoms with Crippen molar-refractivity contribution in [3.05, 3.63) is 30.3 Å². The first kappa shape index (κ1) is 18.0. The second-order valence-corrected chi connectivity index (χ2v) is 8.01. The molecule has 0 aliphatic carbocycles. The summed E-state index contributed by atoms with van der Waals surface area (Å²) in [6.45, 7) is 5.30. The lowest BCUT2D eigenvalue weighted by atomic mass is 9.70. The minimum absolute atomic E-state index is 0.0236. The van der Waals surface area contributed by atoms with E-state index in [1.165, 1.54) is 0 Å². The summed E-state index contributed by atoms with van der Waals surface area (Å²) in [4.78, 5) is 17.8. The van der Waals surface area contributed by atoms with E-state index >= 15 is 0 Å². The van der Waals surface area contributed by atoms with Gasteiger partial charge in [-0.3, -0.25) is 4.79 Å². The first-order chi connectivity index (χ1) is 12.7. The molecule has 3 aliphatic rings. The Labute approximate surface area is 156 Å². The maximum Gasteiger partial charge on any atom is 0.233 e. The zero-order valence-electron chi connectivity index (χ0n) is 15.7. The molecule has 1 atom stereocenters. The molecular formula is C21H30N2O3. The molecule has 1 amide bonds. The maximum atomic E-state index is 13.2. The highest BCUT2D eigenvalue weighted by Gasteiger charge is 2.53. The second-order valence-electron chi connectivity index (χ2n) is 8.01. The van der Waals surface area contributed by atoms with Crippen molar-refractivity contribution in [1.29, 1.82) is 0 Å². The molecule has 3 saturated heterocycles. The quantitative estimate of drug-likeness (QED) is 0.830. The predicted octanol–water partition coefficient (Wildman–Crippen LogP) is 2.56. The fraction of sp³-hybridized carbons (Fsp3) is 0.667. The van der Waals surface area contributed by atoms with E-state index in [9.17, 15) is 4.79 Å². The van der Waals surface area contributed by atoms with Gasteiger partial charge in [0.25, 0.3) is 0 Å². The zero-order valence-corrected chi connectivity index (χ0v) is 15.7. The van der Waals surface area contributed by atoms with Crippen LogP contribution in [0.1, 0.15) is 25.7 Å². The fourth-order valence-corrected chi connectivity index (χ4v) is 5.09. The molecule has 142 valence electrons. The third-order valence-corrected chi connectivity index (χ3v) is 6.68. The first-order valence-corrected chi connectivity index (χ1v) is 9.91. The summed E-state index contributed by atoms with van der Waals surface area (Å²) in [5.74, 6) is 0.210. The molecule has 5 nitrogen and oxygen atoms in total. The average molecular weight is 358 g/mol. The lowest BCUT2D eigenvalue weighted by Crippen LogP contribution is -2.50. The summed E-state index contributed by atoms with van der Waals surface area (Å²) < 4.78 is 11.0. The van der Waals surface area contributed by atoms with Gasteiger partial charge in [-0.15, -0.1) is 0 Å². The molecule has 3 heterocycles. The Kier molecular flexibility index (Phi) is 5.30. The van der Waals surface area contributed by atoms with Crippen LogP contribution >= 0.6 is 0 Å². The maximum absolute atomic E-state index is 13.2. The van der Waals surface area contributed by atoms with Gasteiger partial charge in [0.05, 0.1) is 12.5 Å². The van der Waals surface area contributed by atoms with Crippen LogP contribution in [-0.2, 0) is 14.3 Å². The van der Waals surface area contributed by atoms with Crippen LogP contribution in [0.3, 0.4) is 0 Å². The molecule has 0 aromatic heterocycles. The molecule has 1 spiro atoms. The Morgan fingerprint density at radius 2 is 1.85 bits per heavy atom. The van der Waals surface area contributed by atoms with Crippen LogP contribution in [0.4, 0.5) is 5.69 Å². The molecule has 0 unspecified atom stereocenters. The molecule has 3 aliphatic heterocycles. The molecule has 26 heavy (non-hydrogen) atoms. The summed E-state index contributed by atoms with van der Waals surface area (Å²) in [5.41, 5.74) is 1.06. The SMILES string of the molecule is COC[C@@H]1C(=O)N(c2ccccc2)CC12CCN(C1CCOCC1)CC2. The van der Waals surface area contributed by atoms with Gasteiger partial charge in [0.2, 0.25) is 5.91 Å². The summed E-state index contributed by atoms with van der Waals surface area (Å²) in [6, 6.07) is 10.7. The number of piperidine rings is 1. The van der Waals surface area contributed by atoms with E-state index in [0.29, 0.717) is 12.6 Å². The highest BCUT2D eigenvalue weighted by molar-refractivity contribution is 5.98. The highest BCUT2D eigenvalue weighted by atomic mass is 16.5. The lowest BCUT2D eigenvalue weighted by Gasteiger charge is -2.45.